The molecule has 7 heteroatoms. The van der Waals surface area contributed by atoms with E-state index in [4.69, 9.17) is 14.3 Å². The van der Waals surface area contributed by atoms with E-state index in [1.807, 2.05) is 30.3 Å². The van der Waals surface area contributed by atoms with Crippen LogP contribution >= 0.6 is 0 Å². The van der Waals surface area contributed by atoms with E-state index in [1.54, 1.807) is 48.4 Å². The van der Waals surface area contributed by atoms with Crippen molar-refractivity contribution in [3.63, 3.8) is 0 Å². The van der Waals surface area contributed by atoms with Crippen LogP contribution < -0.4 is 9.47 Å². The van der Waals surface area contributed by atoms with Crippen molar-refractivity contribution < 1.29 is 23.5 Å². The summed E-state index contributed by atoms with van der Waals surface area (Å²) in [4.78, 5) is 20.9. The molecular weight excluding hydrogens is 423 g/mol. The molecule has 0 bridgehead atoms. The smallest absolute Gasteiger partial charge is 0.258 e. The van der Waals surface area contributed by atoms with Gasteiger partial charge in [0.05, 0.1) is 32.0 Å². The van der Waals surface area contributed by atoms with E-state index in [1.165, 1.54) is 13.2 Å². The maximum Gasteiger partial charge on any atom is 0.258 e. The van der Waals surface area contributed by atoms with Crippen LogP contribution in [0.15, 0.2) is 78.0 Å². The third-order valence-electron chi connectivity index (χ3n) is 5.48. The Morgan fingerprint density at radius 3 is 2.55 bits per heavy atom. The summed E-state index contributed by atoms with van der Waals surface area (Å²) in [6.45, 7) is 0.661. The van der Waals surface area contributed by atoms with Crippen molar-refractivity contribution in [1.29, 1.82) is 0 Å². The molecule has 0 saturated heterocycles. The van der Waals surface area contributed by atoms with Crippen molar-refractivity contribution in [2.75, 3.05) is 20.8 Å². The van der Waals surface area contributed by atoms with Crippen LogP contribution in [0, 0.1) is 5.82 Å². The molecule has 0 unspecified atom stereocenters. The summed E-state index contributed by atoms with van der Waals surface area (Å²) in [5.41, 5.74) is 2.35. The van der Waals surface area contributed by atoms with Gasteiger partial charge in [0.2, 0.25) is 0 Å². The zero-order chi connectivity index (χ0) is 23.2. The molecule has 170 valence electrons. The second-order valence-electron chi connectivity index (χ2n) is 7.69. The number of rotatable bonds is 8. The van der Waals surface area contributed by atoms with Crippen molar-refractivity contribution >= 4 is 11.6 Å². The molecule has 33 heavy (non-hydrogen) atoms. The molecule has 3 aromatic carbocycles. The van der Waals surface area contributed by atoms with Crippen molar-refractivity contribution in [1.82, 2.24) is 4.90 Å². The van der Waals surface area contributed by atoms with Crippen LogP contribution in [0.5, 0.6) is 11.5 Å². The topological polar surface area (TPSA) is 60.4 Å². The first-order valence-corrected chi connectivity index (χ1v) is 10.6. The molecule has 0 radical (unpaired) electrons. The number of halogens is 1. The molecule has 0 aliphatic carbocycles. The molecule has 1 heterocycles. The largest absolute Gasteiger partial charge is 0.497 e. The minimum atomic E-state index is -0.392. The second-order valence-corrected chi connectivity index (χ2v) is 7.69. The van der Waals surface area contributed by atoms with Gasteiger partial charge in [-0.25, -0.2) is 4.39 Å². The van der Waals surface area contributed by atoms with Gasteiger partial charge in [0.25, 0.3) is 5.91 Å². The summed E-state index contributed by atoms with van der Waals surface area (Å²) in [5, 5.41) is 4.09. The number of nitrogens with zero attached hydrogens (tertiary/aromatic N) is 2. The number of ether oxygens (including phenoxy) is 2. The highest BCUT2D eigenvalue weighted by Crippen LogP contribution is 2.27. The third-order valence-corrected chi connectivity index (χ3v) is 5.48. The monoisotopic (exact) mass is 448 g/mol. The fourth-order valence-corrected chi connectivity index (χ4v) is 3.80. The number of oxime groups is 1. The molecule has 6 nitrogen and oxygen atoms in total. The van der Waals surface area contributed by atoms with Crippen LogP contribution in [0.1, 0.15) is 27.9 Å². The summed E-state index contributed by atoms with van der Waals surface area (Å²) in [6, 6.07) is 21.3. The maximum absolute atomic E-state index is 14.2. The Morgan fingerprint density at radius 2 is 1.82 bits per heavy atom. The summed E-state index contributed by atoms with van der Waals surface area (Å²) in [5.74, 6) is 0.468. The second kappa shape index (κ2) is 10.2. The highest BCUT2D eigenvalue weighted by molar-refractivity contribution is 6.01. The SMILES string of the molecule is COc1ccc(C(=O)N(Cc2ccccc2)C[C@H]2CC(c3ccccc3F)=NO2)c(OC)c1. The van der Waals surface area contributed by atoms with Crippen LogP contribution in [0.2, 0.25) is 0 Å². The molecule has 0 fully saturated rings. The van der Waals surface area contributed by atoms with E-state index in [9.17, 15) is 9.18 Å². The van der Waals surface area contributed by atoms with Gasteiger partial charge in [-0.15, -0.1) is 0 Å². The molecule has 0 aromatic heterocycles. The first-order chi connectivity index (χ1) is 16.1. The minimum absolute atomic E-state index is 0.207. The number of hydrogen-bond acceptors (Lipinski definition) is 5. The summed E-state index contributed by atoms with van der Waals surface area (Å²) >= 11 is 0. The van der Waals surface area contributed by atoms with Crippen LogP contribution in [0.3, 0.4) is 0 Å². The van der Waals surface area contributed by atoms with E-state index in [-0.39, 0.29) is 18.3 Å². The lowest BCUT2D eigenvalue weighted by Gasteiger charge is -2.26. The van der Waals surface area contributed by atoms with Crippen LogP contribution in [0.4, 0.5) is 4.39 Å². The van der Waals surface area contributed by atoms with Gasteiger partial charge in [-0.3, -0.25) is 4.79 Å². The molecule has 0 spiro atoms. The molecule has 1 atom stereocenters. The van der Waals surface area contributed by atoms with Gasteiger partial charge in [-0.05, 0) is 23.8 Å². The highest BCUT2D eigenvalue weighted by atomic mass is 19.1. The molecular formula is C26H25FN2O4. The number of carbonyl (C=O) groups excluding carboxylic acids is 1. The van der Waals surface area contributed by atoms with E-state index >= 15 is 0 Å². The van der Waals surface area contributed by atoms with Crippen molar-refractivity contribution in [3.05, 3.63) is 95.3 Å². The number of amides is 1. The number of carbonyl (C=O) groups is 1. The normalized spacial score (nSPS) is 14.9. The van der Waals surface area contributed by atoms with E-state index in [0.29, 0.717) is 41.3 Å². The third kappa shape index (κ3) is 5.14. The van der Waals surface area contributed by atoms with E-state index < -0.39 is 6.10 Å². The predicted octanol–water partition coefficient (Wildman–Crippen LogP) is 4.68. The van der Waals surface area contributed by atoms with Gasteiger partial charge >= 0.3 is 0 Å². The van der Waals surface area contributed by atoms with Gasteiger partial charge in [-0.2, -0.15) is 0 Å². The lowest BCUT2D eigenvalue weighted by atomic mass is 10.0. The maximum atomic E-state index is 14.2. The quantitative estimate of drug-likeness (QED) is 0.502. The molecule has 0 saturated carbocycles. The number of benzene rings is 3. The Bertz CT molecular complexity index is 1150. The molecule has 0 N–H and O–H groups in total. The fraction of sp³-hybridized carbons (Fsp3) is 0.231. The predicted molar refractivity (Wildman–Crippen MR) is 123 cm³/mol. The first kappa shape index (κ1) is 22.3. The number of methoxy groups -OCH3 is 2. The van der Waals surface area contributed by atoms with E-state index in [2.05, 4.69) is 5.16 Å². The fourth-order valence-electron chi connectivity index (χ4n) is 3.80. The average molecular weight is 448 g/mol. The minimum Gasteiger partial charge on any atom is -0.497 e. The summed E-state index contributed by atoms with van der Waals surface area (Å²) in [6.07, 6.45) is 0.00992. The van der Waals surface area contributed by atoms with Crippen molar-refractivity contribution in [3.8, 4) is 11.5 Å². The zero-order valence-electron chi connectivity index (χ0n) is 18.5. The van der Waals surface area contributed by atoms with Crippen LogP contribution in [0.25, 0.3) is 0 Å². The van der Waals surface area contributed by atoms with Crippen molar-refractivity contribution in [2.24, 2.45) is 5.16 Å². The Kier molecular flexibility index (Phi) is 6.88. The first-order valence-electron chi connectivity index (χ1n) is 10.6. The highest BCUT2D eigenvalue weighted by Gasteiger charge is 2.29. The molecule has 1 aliphatic rings. The standard InChI is InChI=1S/C26H25FN2O4/c1-31-19-12-13-22(25(15-19)32-2)26(30)29(16-18-8-4-3-5-9-18)17-20-14-24(28-33-20)21-10-6-7-11-23(21)27/h3-13,15,20H,14,16-17H2,1-2H3/t20-/m1/s1. The zero-order valence-corrected chi connectivity index (χ0v) is 18.5. The Hall–Kier alpha value is -3.87. The Morgan fingerprint density at radius 1 is 1.06 bits per heavy atom. The lowest BCUT2D eigenvalue weighted by Crippen LogP contribution is -2.37. The van der Waals surface area contributed by atoms with Crippen LogP contribution in [-0.4, -0.2) is 43.4 Å². The number of hydrogen-bond donors (Lipinski definition) is 0. The average Bonchev–Trinajstić information content (AvgIpc) is 3.32. The van der Waals surface area contributed by atoms with Gasteiger partial charge in [-0.1, -0.05) is 53.7 Å². The molecule has 1 amide bonds. The molecule has 1 aliphatic heterocycles. The van der Waals surface area contributed by atoms with Crippen LogP contribution in [-0.2, 0) is 11.4 Å². The molecule has 3 aromatic rings. The van der Waals surface area contributed by atoms with Gasteiger partial charge in [0, 0.05) is 24.6 Å². The van der Waals surface area contributed by atoms with Gasteiger partial charge in [0.1, 0.15) is 17.3 Å². The van der Waals surface area contributed by atoms with Gasteiger partial charge < -0.3 is 19.2 Å². The van der Waals surface area contributed by atoms with Crippen molar-refractivity contribution in [2.45, 2.75) is 19.1 Å². The summed E-state index contributed by atoms with van der Waals surface area (Å²) < 4.78 is 24.9. The Balaban J connectivity index is 1.56. The van der Waals surface area contributed by atoms with Gasteiger partial charge in [0.15, 0.2) is 6.10 Å². The molecule has 4 rings (SSSR count). The lowest BCUT2D eigenvalue weighted by molar-refractivity contribution is 0.0403. The Labute approximate surface area is 192 Å². The summed E-state index contributed by atoms with van der Waals surface area (Å²) in [7, 11) is 3.07. The van der Waals surface area contributed by atoms with E-state index in [0.717, 1.165) is 5.56 Å².